The van der Waals surface area contributed by atoms with E-state index in [-0.39, 0.29) is 31.1 Å². The lowest BCUT2D eigenvalue weighted by Crippen LogP contribution is -2.53. The number of hydrogen-bond acceptors (Lipinski definition) is 5. The van der Waals surface area contributed by atoms with E-state index in [1.807, 2.05) is 0 Å². The number of rotatable bonds is 5. The predicted molar refractivity (Wildman–Crippen MR) is 89.6 cm³/mol. The molecule has 1 amide bonds. The molecule has 0 bridgehead atoms. The van der Waals surface area contributed by atoms with Gasteiger partial charge in [0, 0.05) is 26.2 Å². The summed E-state index contributed by atoms with van der Waals surface area (Å²) in [5.41, 5.74) is -3.13. The first-order valence-electron chi connectivity index (χ1n) is 8.09. The number of aliphatic hydroxyl groups is 1. The van der Waals surface area contributed by atoms with E-state index < -0.39 is 34.1 Å². The second kappa shape index (κ2) is 7.64. The van der Waals surface area contributed by atoms with Gasteiger partial charge in [0.2, 0.25) is 15.9 Å². The summed E-state index contributed by atoms with van der Waals surface area (Å²) in [6, 6.07) is 5.80. The second-order valence-corrected chi connectivity index (χ2v) is 8.35. The van der Waals surface area contributed by atoms with Gasteiger partial charge in [-0.05, 0) is 31.2 Å². The number of nitrogens with zero attached hydrogens (tertiary/aromatic N) is 2. The van der Waals surface area contributed by atoms with Crippen molar-refractivity contribution in [1.29, 1.82) is 0 Å². The lowest BCUT2D eigenvalue weighted by atomic mass is 10.0. The molecule has 1 aromatic carbocycles. The fourth-order valence-electron chi connectivity index (χ4n) is 2.58. The van der Waals surface area contributed by atoms with Crippen molar-refractivity contribution in [3.63, 3.8) is 0 Å². The Labute approximate surface area is 155 Å². The molecule has 1 fully saturated rings. The van der Waals surface area contributed by atoms with Crippen LogP contribution in [0.5, 0.6) is 5.75 Å². The highest BCUT2D eigenvalue weighted by molar-refractivity contribution is 7.89. The van der Waals surface area contributed by atoms with Gasteiger partial charge in [-0.3, -0.25) is 4.79 Å². The average Bonchev–Trinajstić information content (AvgIpc) is 2.60. The summed E-state index contributed by atoms with van der Waals surface area (Å²) >= 11 is 0. The van der Waals surface area contributed by atoms with Gasteiger partial charge in [0.05, 0.1) is 18.4 Å². The van der Waals surface area contributed by atoms with E-state index in [0.717, 1.165) is 4.90 Å². The highest BCUT2D eigenvalue weighted by Gasteiger charge is 2.51. The summed E-state index contributed by atoms with van der Waals surface area (Å²) in [6.45, 7) is 0.335. The van der Waals surface area contributed by atoms with Crippen LogP contribution in [0.25, 0.3) is 0 Å². The van der Waals surface area contributed by atoms with Gasteiger partial charge in [-0.2, -0.15) is 17.5 Å². The van der Waals surface area contributed by atoms with Crippen LogP contribution in [0.3, 0.4) is 0 Å². The number of halogens is 3. The molecule has 1 aromatic rings. The molecule has 27 heavy (non-hydrogen) atoms. The van der Waals surface area contributed by atoms with Crippen LogP contribution in [0, 0.1) is 0 Å². The molecule has 11 heteroatoms. The Bertz CT molecular complexity index is 770. The number of benzene rings is 1. The smallest absolute Gasteiger partial charge is 0.417 e. The van der Waals surface area contributed by atoms with Crippen molar-refractivity contribution in [2.24, 2.45) is 0 Å². The normalized spacial score (nSPS) is 18.8. The van der Waals surface area contributed by atoms with Gasteiger partial charge in [-0.15, -0.1) is 0 Å². The van der Waals surface area contributed by atoms with Crippen molar-refractivity contribution in [3.8, 4) is 5.75 Å². The molecule has 1 heterocycles. The molecule has 0 aromatic heterocycles. The van der Waals surface area contributed by atoms with E-state index in [1.165, 1.54) is 35.7 Å². The third kappa shape index (κ3) is 4.71. The number of sulfonamides is 1. The van der Waals surface area contributed by atoms with Crippen LogP contribution < -0.4 is 4.74 Å². The van der Waals surface area contributed by atoms with Gasteiger partial charge in [0.15, 0.2) is 5.60 Å². The molecule has 0 spiro atoms. The van der Waals surface area contributed by atoms with Crippen LogP contribution in [-0.4, -0.2) is 73.7 Å². The number of alkyl halides is 3. The van der Waals surface area contributed by atoms with Crippen LogP contribution in [0.2, 0.25) is 0 Å². The van der Waals surface area contributed by atoms with Crippen LogP contribution in [0.4, 0.5) is 13.2 Å². The standard InChI is InChI=1S/C16H21F3N2O5S/c1-15(23,16(17,18)19)11-14(22)20-7-9-21(10-8-20)27(24,25)13-5-3-12(26-2)4-6-13/h3-6,23H,7-11H2,1-2H3/t15-/m1/s1. The first-order chi connectivity index (χ1) is 12.4. The van der Waals surface area contributed by atoms with Crippen molar-refractivity contribution < 1.29 is 36.2 Å². The van der Waals surface area contributed by atoms with Gasteiger partial charge >= 0.3 is 6.18 Å². The van der Waals surface area contributed by atoms with Crippen LogP contribution in [0.15, 0.2) is 29.2 Å². The Hall–Kier alpha value is -1.85. The summed E-state index contributed by atoms with van der Waals surface area (Å²) in [7, 11) is -2.33. The predicted octanol–water partition coefficient (Wildman–Crippen LogP) is 1.23. The zero-order valence-corrected chi connectivity index (χ0v) is 15.7. The molecule has 1 saturated heterocycles. The van der Waals surface area contributed by atoms with Gasteiger partial charge in [-0.1, -0.05) is 0 Å². The van der Waals surface area contributed by atoms with Gasteiger partial charge < -0.3 is 14.7 Å². The Morgan fingerprint density at radius 3 is 2.11 bits per heavy atom. The number of piperazine rings is 1. The maximum atomic E-state index is 12.7. The van der Waals surface area contributed by atoms with Gasteiger partial charge in [-0.25, -0.2) is 8.42 Å². The molecular formula is C16H21F3N2O5S. The molecule has 0 radical (unpaired) electrons. The molecular weight excluding hydrogens is 389 g/mol. The molecule has 1 aliphatic rings. The maximum Gasteiger partial charge on any atom is 0.417 e. The molecule has 1 atom stereocenters. The number of ether oxygens (including phenoxy) is 1. The second-order valence-electron chi connectivity index (χ2n) is 6.41. The van der Waals surface area contributed by atoms with Crippen molar-refractivity contribution in [1.82, 2.24) is 9.21 Å². The first-order valence-corrected chi connectivity index (χ1v) is 9.53. The van der Waals surface area contributed by atoms with Gasteiger partial charge in [0.1, 0.15) is 5.75 Å². The highest BCUT2D eigenvalue weighted by atomic mass is 32.2. The lowest BCUT2D eigenvalue weighted by molar-refractivity contribution is -0.254. The lowest BCUT2D eigenvalue weighted by Gasteiger charge is -2.35. The molecule has 2 rings (SSSR count). The average molecular weight is 410 g/mol. The summed E-state index contributed by atoms with van der Waals surface area (Å²) in [4.78, 5) is 13.2. The van der Waals surface area contributed by atoms with Crippen molar-refractivity contribution in [2.75, 3.05) is 33.3 Å². The molecule has 7 nitrogen and oxygen atoms in total. The van der Waals surface area contributed by atoms with Crippen LogP contribution >= 0.6 is 0 Å². The highest BCUT2D eigenvalue weighted by Crippen LogP contribution is 2.33. The Kier molecular flexibility index (Phi) is 6.07. The molecule has 1 N–H and O–H groups in total. The van der Waals surface area contributed by atoms with Crippen molar-refractivity contribution in [3.05, 3.63) is 24.3 Å². The van der Waals surface area contributed by atoms with E-state index in [4.69, 9.17) is 4.74 Å². The topological polar surface area (TPSA) is 87.2 Å². The van der Waals surface area contributed by atoms with Crippen molar-refractivity contribution >= 4 is 15.9 Å². The Morgan fingerprint density at radius 2 is 1.67 bits per heavy atom. The first kappa shape index (κ1) is 21.5. The monoisotopic (exact) mass is 410 g/mol. The zero-order chi connectivity index (χ0) is 20.5. The summed E-state index contributed by atoms with van der Waals surface area (Å²) in [5.74, 6) is -0.375. The Morgan fingerprint density at radius 1 is 1.15 bits per heavy atom. The fourth-order valence-corrected chi connectivity index (χ4v) is 4.00. The number of amides is 1. The molecule has 0 saturated carbocycles. The minimum Gasteiger partial charge on any atom is -0.497 e. The van der Waals surface area contributed by atoms with Gasteiger partial charge in [0.25, 0.3) is 0 Å². The van der Waals surface area contributed by atoms with E-state index in [0.29, 0.717) is 12.7 Å². The van der Waals surface area contributed by atoms with E-state index >= 15 is 0 Å². The number of hydrogen-bond donors (Lipinski definition) is 1. The van der Waals surface area contributed by atoms with Crippen LogP contribution in [-0.2, 0) is 14.8 Å². The molecule has 0 aliphatic carbocycles. The third-order valence-electron chi connectivity index (χ3n) is 4.39. The zero-order valence-electron chi connectivity index (χ0n) is 14.9. The minimum atomic E-state index is -4.93. The van der Waals surface area contributed by atoms with Crippen molar-refractivity contribution in [2.45, 2.75) is 30.0 Å². The van der Waals surface area contributed by atoms with E-state index in [1.54, 1.807) is 0 Å². The quantitative estimate of drug-likeness (QED) is 0.789. The largest absolute Gasteiger partial charge is 0.497 e. The third-order valence-corrected chi connectivity index (χ3v) is 6.31. The molecule has 1 aliphatic heterocycles. The van der Waals surface area contributed by atoms with E-state index in [9.17, 15) is 31.5 Å². The summed E-state index contributed by atoms with van der Waals surface area (Å²) in [6.07, 6.45) is -6.04. The number of carbonyl (C=O) groups is 1. The summed E-state index contributed by atoms with van der Waals surface area (Å²) in [5, 5.41) is 9.44. The number of carbonyl (C=O) groups excluding carboxylic acids is 1. The SMILES string of the molecule is COc1ccc(S(=O)(=O)N2CCN(C(=O)C[C@@](C)(O)C(F)(F)F)CC2)cc1. The Balaban J connectivity index is 2.00. The van der Waals surface area contributed by atoms with E-state index in [2.05, 4.69) is 0 Å². The minimum absolute atomic E-state index is 0.0474. The van der Waals surface area contributed by atoms with Crippen LogP contribution in [0.1, 0.15) is 13.3 Å². The number of methoxy groups -OCH3 is 1. The molecule has 152 valence electrons. The fraction of sp³-hybridized carbons (Fsp3) is 0.562. The summed E-state index contributed by atoms with van der Waals surface area (Å²) < 4.78 is 69.5. The maximum absolute atomic E-state index is 12.7. The molecule has 0 unspecified atom stereocenters.